The van der Waals surface area contributed by atoms with Crippen LogP contribution < -0.4 is 5.32 Å². The van der Waals surface area contributed by atoms with Crippen LogP contribution >= 0.6 is 7.82 Å². The van der Waals surface area contributed by atoms with Gasteiger partial charge in [0, 0.05) is 19.1 Å². The fraction of sp³-hybridized carbons (Fsp3) is 0.632. The van der Waals surface area contributed by atoms with Crippen molar-refractivity contribution < 1.29 is 37.6 Å². The monoisotopic (exact) mass is 468 g/mol. The van der Waals surface area contributed by atoms with Crippen LogP contribution in [0, 0.1) is 0 Å². The molecule has 2 N–H and O–H groups in total. The van der Waals surface area contributed by atoms with Gasteiger partial charge in [-0.05, 0) is 12.8 Å². The number of aliphatic imine (C=N–C) groups is 1. The van der Waals surface area contributed by atoms with E-state index < -0.39 is 44.1 Å². The molecule has 4 rings (SSSR count). The molecule has 13 heteroatoms. The quantitative estimate of drug-likeness (QED) is 0.448. The number of nitrogens with zero attached hydrogens (tertiary/aromatic N) is 3. The summed E-state index contributed by atoms with van der Waals surface area (Å²) in [6.07, 6.45) is 1.23. The summed E-state index contributed by atoms with van der Waals surface area (Å²) >= 11 is 0. The van der Waals surface area contributed by atoms with E-state index in [4.69, 9.17) is 18.5 Å². The number of phosphoric acid groups is 1. The first kappa shape index (κ1) is 22.9. The van der Waals surface area contributed by atoms with Crippen molar-refractivity contribution in [3.8, 4) is 0 Å². The first-order valence-corrected chi connectivity index (χ1v) is 12.0. The molecule has 12 nitrogen and oxygen atoms in total. The molecule has 3 unspecified atom stereocenters. The lowest BCUT2D eigenvalue weighted by molar-refractivity contribution is -0.155. The van der Waals surface area contributed by atoms with Crippen LogP contribution in [-0.2, 0) is 32.7 Å². The van der Waals surface area contributed by atoms with Gasteiger partial charge < -0.3 is 19.7 Å². The van der Waals surface area contributed by atoms with Crippen LogP contribution in [-0.4, -0.2) is 64.0 Å². The van der Waals surface area contributed by atoms with Crippen LogP contribution in [0.5, 0.6) is 0 Å². The number of phosphoric ester groups is 1. The van der Waals surface area contributed by atoms with Gasteiger partial charge in [0.05, 0.1) is 18.2 Å². The smallest absolute Gasteiger partial charge is 0.457 e. The maximum atomic E-state index is 12.3. The third-order valence-corrected chi connectivity index (χ3v) is 6.33. The highest BCUT2D eigenvalue weighted by Gasteiger charge is 2.57. The fourth-order valence-corrected chi connectivity index (χ4v) is 4.91. The zero-order valence-electron chi connectivity index (χ0n) is 17.7. The third kappa shape index (κ3) is 4.60. The highest BCUT2D eigenvalue weighted by molar-refractivity contribution is 7.47. The van der Waals surface area contributed by atoms with Gasteiger partial charge >= 0.3 is 13.8 Å². The number of carbonyl (C=O) groups excluding carboxylic acids is 2. The Morgan fingerprint density at radius 1 is 1.25 bits per heavy atom. The Morgan fingerprint density at radius 3 is 2.78 bits per heavy atom. The van der Waals surface area contributed by atoms with Gasteiger partial charge in [-0.2, -0.15) is 0 Å². The molecular formula is C19H25N4O8P. The molecule has 1 aromatic heterocycles. The molecule has 0 aromatic carbocycles. The minimum absolute atomic E-state index is 0.180. The molecule has 3 aliphatic rings. The van der Waals surface area contributed by atoms with E-state index in [1.54, 1.807) is 6.21 Å². The van der Waals surface area contributed by atoms with Crippen LogP contribution in [0.15, 0.2) is 11.3 Å². The van der Waals surface area contributed by atoms with E-state index in [2.05, 4.69) is 20.3 Å². The number of nitrogens with one attached hydrogen (secondary N) is 1. The number of anilines is 1. The number of esters is 1. The van der Waals surface area contributed by atoms with Crippen LogP contribution in [0.4, 0.5) is 11.5 Å². The number of fused-ring (bicyclic) bond motifs is 2. The van der Waals surface area contributed by atoms with Crippen molar-refractivity contribution in [1.29, 1.82) is 0 Å². The van der Waals surface area contributed by atoms with Gasteiger partial charge in [0.15, 0.2) is 11.9 Å². The van der Waals surface area contributed by atoms with Gasteiger partial charge in [0.2, 0.25) is 5.91 Å². The fourth-order valence-electron chi connectivity index (χ4n) is 3.95. The summed E-state index contributed by atoms with van der Waals surface area (Å²) in [7, 11) is -4.29. The van der Waals surface area contributed by atoms with Gasteiger partial charge in [-0.3, -0.25) is 23.6 Å². The largest absolute Gasteiger partial charge is 0.472 e. The molecule has 0 saturated carbocycles. The average Bonchev–Trinajstić information content (AvgIpc) is 3.30. The molecule has 1 aromatic rings. The predicted molar refractivity (Wildman–Crippen MR) is 111 cm³/mol. The first-order valence-electron chi connectivity index (χ1n) is 10.5. The van der Waals surface area contributed by atoms with Crippen molar-refractivity contribution in [1.82, 2.24) is 9.97 Å². The van der Waals surface area contributed by atoms with Crippen LogP contribution in [0.1, 0.15) is 51.1 Å². The predicted octanol–water partition coefficient (Wildman–Crippen LogP) is 2.01. The van der Waals surface area contributed by atoms with E-state index in [1.807, 2.05) is 13.8 Å². The van der Waals surface area contributed by atoms with Gasteiger partial charge in [-0.25, -0.2) is 14.5 Å². The maximum absolute atomic E-state index is 12.3. The Labute approximate surface area is 184 Å². The molecule has 4 heterocycles. The number of hydrogen-bond donors (Lipinski definition) is 2. The van der Waals surface area contributed by atoms with E-state index >= 15 is 0 Å². The molecule has 32 heavy (non-hydrogen) atoms. The first-order chi connectivity index (χ1) is 15.3. The van der Waals surface area contributed by atoms with Crippen molar-refractivity contribution in [2.24, 2.45) is 4.99 Å². The SMILES string of the molecule is CCCC(=O)Nc1ncnc2c1N=CC2[C@@H]1OC2COP(=O)(O)O[C@H]2[C@H]1OC(=O)CCC. The second kappa shape index (κ2) is 9.32. The Hall–Kier alpha value is -2.24. The summed E-state index contributed by atoms with van der Waals surface area (Å²) < 4.78 is 33.8. The Bertz CT molecular complexity index is 973. The summed E-state index contributed by atoms with van der Waals surface area (Å²) in [6.45, 7) is 3.55. The molecule has 6 atom stereocenters. The Balaban J connectivity index is 1.61. The van der Waals surface area contributed by atoms with Gasteiger partial charge in [0.1, 0.15) is 30.3 Å². The highest BCUT2D eigenvalue weighted by Crippen LogP contribution is 2.53. The minimum Gasteiger partial charge on any atom is -0.457 e. The summed E-state index contributed by atoms with van der Waals surface area (Å²) in [5, 5.41) is 2.73. The zero-order chi connectivity index (χ0) is 22.9. The molecule has 174 valence electrons. The molecule has 3 aliphatic heterocycles. The molecule has 1 amide bonds. The molecule has 0 aliphatic carbocycles. The number of hydrogen-bond acceptors (Lipinski definition) is 10. The molecule has 0 radical (unpaired) electrons. The minimum atomic E-state index is -4.29. The topological polar surface area (TPSA) is 159 Å². The molecule has 2 saturated heterocycles. The van der Waals surface area contributed by atoms with E-state index in [1.165, 1.54) is 6.33 Å². The van der Waals surface area contributed by atoms with Crippen molar-refractivity contribution in [3.63, 3.8) is 0 Å². The van der Waals surface area contributed by atoms with Crippen molar-refractivity contribution in [3.05, 3.63) is 12.0 Å². The summed E-state index contributed by atoms with van der Waals surface area (Å²) in [6, 6.07) is 0. The summed E-state index contributed by atoms with van der Waals surface area (Å²) in [5.41, 5.74) is 0.879. The molecule has 0 bridgehead atoms. The maximum Gasteiger partial charge on any atom is 0.472 e. The zero-order valence-corrected chi connectivity index (χ0v) is 18.6. The highest BCUT2D eigenvalue weighted by atomic mass is 31.2. The lowest BCUT2D eigenvalue weighted by Crippen LogP contribution is -2.43. The summed E-state index contributed by atoms with van der Waals surface area (Å²) in [5.74, 6) is -0.936. The number of ether oxygens (including phenoxy) is 2. The third-order valence-electron chi connectivity index (χ3n) is 5.34. The van der Waals surface area contributed by atoms with E-state index in [-0.39, 0.29) is 24.8 Å². The van der Waals surface area contributed by atoms with Crippen molar-refractivity contribution in [2.75, 3.05) is 11.9 Å². The lowest BCUT2D eigenvalue weighted by atomic mass is 9.94. The second-order valence-electron chi connectivity index (χ2n) is 7.74. The van der Waals surface area contributed by atoms with Gasteiger partial charge in [-0.1, -0.05) is 13.8 Å². The van der Waals surface area contributed by atoms with E-state index in [0.717, 1.165) is 0 Å². The Kier molecular flexibility index (Phi) is 6.68. The number of carbonyl (C=O) groups is 2. The van der Waals surface area contributed by atoms with Gasteiger partial charge in [0.25, 0.3) is 0 Å². The van der Waals surface area contributed by atoms with Gasteiger partial charge in [-0.15, -0.1) is 0 Å². The Morgan fingerprint density at radius 2 is 2.03 bits per heavy atom. The summed E-state index contributed by atoms with van der Waals surface area (Å²) in [4.78, 5) is 46.9. The van der Waals surface area contributed by atoms with Crippen molar-refractivity contribution >= 4 is 37.4 Å². The second-order valence-corrected chi connectivity index (χ2v) is 9.14. The number of amides is 1. The van der Waals surface area contributed by atoms with Crippen LogP contribution in [0.3, 0.4) is 0 Å². The average molecular weight is 468 g/mol. The van der Waals surface area contributed by atoms with E-state index in [0.29, 0.717) is 30.6 Å². The van der Waals surface area contributed by atoms with Crippen LogP contribution in [0.25, 0.3) is 0 Å². The van der Waals surface area contributed by atoms with Crippen LogP contribution in [0.2, 0.25) is 0 Å². The molecule has 2 fully saturated rings. The van der Waals surface area contributed by atoms with Crippen molar-refractivity contribution in [2.45, 2.75) is 69.9 Å². The molecule has 0 spiro atoms. The number of aromatic nitrogens is 2. The number of rotatable bonds is 7. The van der Waals surface area contributed by atoms with E-state index in [9.17, 15) is 19.0 Å². The molecular weight excluding hydrogens is 443 g/mol. The lowest BCUT2D eigenvalue weighted by Gasteiger charge is -2.30. The standard InChI is InChI=1S/C19H25N4O8P/c1-3-5-12(24)23-19-15-14(21-9-22-19)10(7-20-15)16-18(30-13(25)6-4-2)17-11(29-16)8-28-32(26,27)31-17/h7,9-11,16-18H,3-6,8H2,1-2H3,(H,26,27)(H,21,22,23,24)/t10?,11?,16-,17+,18-/m0/s1. The normalized spacial score (nSPS) is 32.9.